The highest BCUT2D eigenvalue weighted by Gasteiger charge is 2.18. The molecule has 0 spiro atoms. The summed E-state index contributed by atoms with van der Waals surface area (Å²) in [6.45, 7) is 2.87. The van der Waals surface area contributed by atoms with E-state index in [4.69, 9.17) is 5.11 Å². The molecule has 1 aromatic rings. The molecule has 20 heavy (non-hydrogen) atoms. The zero-order valence-corrected chi connectivity index (χ0v) is 12.4. The van der Waals surface area contributed by atoms with Gasteiger partial charge in [0, 0.05) is 12.7 Å². The molecule has 112 valence electrons. The number of nitrogens with zero attached hydrogens (tertiary/aromatic N) is 2. The molecule has 1 atom stereocenters. The fourth-order valence-electron chi connectivity index (χ4n) is 1.58. The lowest BCUT2D eigenvalue weighted by molar-refractivity contribution is -0.139. The average Bonchev–Trinajstić information content (AvgIpc) is 2.80. The molecule has 1 heterocycles. The van der Waals surface area contributed by atoms with Crippen molar-refractivity contribution in [2.75, 3.05) is 18.6 Å². The second kappa shape index (κ2) is 8.47. The Morgan fingerprint density at radius 2 is 2.30 bits per heavy atom. The monoisotopic (exact) mass is 300 g/mol. The first-order chi connectivity index (χ1) is 9.52. The van der Waals surface area contributed by atoms with Gasteiger partial charge in [-0.2, -0.15) is 16.9 Å². The van der Waals surface area contributed by atoms with Gasteiger partial charge in [0.1, 0.15) is 6.04 Å². The highest BCUT2D eigenvalue weighted by Crippen LogP contribution is 2.00. The quantitative estimate of drug-likeness (QED) is 0.656. The molecule has 0 fully saturated rings. The summed E-state index contributed by atoms with van der Waals surface area (Å²) in [4.78, 5) is 22.6. The average molecular weight is 300 g/mol. The standard InChI is InChI=1S/C12H20N4O3S/c1-9-7-14-16(8-9)5-4-13-12(19)15-10(11(17)18)3-6-20-2/h7-8,10H,3-6H2,1-2H3,(H,17,18)(H2,13,15,19)/t10-/m0/s1. The Hall–Kier alpha value is -1.70. The van der Waals surface area contributed by atoms with Gasteiger partial charge in [0.15, 0.2) is 0 Å². The number of aryl methyl sites for hydroxylation is 1. The zero-order valence-electron chi connectivity index (χ0n) is 11.6. The number of urea groups is 1. The van der Waals surface area contributed by atoms with Gasteiger partial charge in [-0.05, 0) is 30.9 Å². The molecule has 0 aliphatic carbocycles. The summed E-state index contributed by atoms with van der Waals surface area (Å²) >= 11 is 1.55. The topological polar surface area (TPSA) is 96.3 Å². The Labute approximate surface area is 122 Å². The number of aliphatic carboxylic acids is 1. The molecule has 8 heteroatoms. The number of carbonyl (C=O) groups excluding carboxylic acids is 1. The number of nitrogens with one attached hydrogen (secondary N) is 2. The molecule has 0 unspecified atom stereocenters. The molecule has 0 aliphatic heterocycles. The van der Waals surface area contributed by atoms with Crippen molar-refractivity contribution in [3.63, 3.8) is 0 Å². The predicted octanol–water partition coefficient (Wildman–Crippen LogP) is 0.697. The first-order valence-electron chi connectivity index (χ1n) is 6.28. The van der Waals surface area contributed by atoms with Crippen LogP contribution in [0.2, 0.25) is 0 Å². The van der Waals surface area contributed by atoms with Gasteiger partial charge >= 0.3 is 12.0 Å². The van der Waals surface area contributed by atoms with E-state index < -0.39 is 18.0 Å². The van der Waals surface area contributed by atoms with E-state index in [2.05, 4.69) is 15.7 Å². The molecule has 7 nitrogen and oxygen atoms in total. The van der Waals surface area contributed by atoms with E-state index in [1.807, 2.05) is 19.4 Å². The minimum atomic E-state index is -1.02. The van der Waals surface area contributed by atoms with E-state index in [-0.39, 0.29) is 0 Å². The molecular formula is C12H20N4O3S. The number of rotatable bonds is 8. The molecule has 0 saturated carbocycles. The smallest absolute Gasteiger partial charge is 0.326 e. The minimum absolute atomic E-state index is 0.391. The van der Waals surface area contributed by atoms with Crippen LogP contribution in [0.25, 0.3) is 0 Å². The third-order valence-electron chi connectivity index (χ3n) is 2.60. The molecule has 0 aliphatic rings. The van der Waals surface area contributed by atoms with Crippen LogP contribution in [0.1, 0.15) is 12.0 Å². The van der Waals surface area contributed by atoms with Crippen LogP contribution >= 0.6 is 11.8 Å². The summed E-state index contributed by atoms with van der Waals surface area (Å²) in [5, 5.41) is 18.2. The summed E-state index contributed by atoms with van der Waals surface area (Å²) in [6.07, 6.45) is 5.91. The molecule has 1 aromatic heterocycles. The number of carboxylic acid groups (broad SMARTS) is 1. The maximum Gasteiger partial charge on any atom is 0.326 e. The Morgan fingerprint density at radius 3 is 2.85 bits per heavy atom. The number of amides is 2. The largest absolute Gasteiger partial charge is 0.480 e. The fraction of sp³-hybridized carbons (Fsp3) is 0.583. The van der Waals surface area contributed by atoms with E-state index in [0.29, 0.717) is 25.3 Å². The summed E-state index contributed by atoms with van der Waals surface area (Å²) in [5.41, 5.74) is 1.05. The van der Waals surface area contributed by atoms with Gasteiger partial charge in [0.2, 0.25) is 0 Å². The van der Waals surface area contributed by atoms with E-state index in [1.54, 1.807) is 22.6 Å². The van der Waals surface area contributed by atoms with Crippen LogP contribution in [0.4, 0.5) is 4.79 Å². The van der Waals surface area contributed by atoms with E-state index in [0.717, 1.165) is 5.56 Å². The first kappa shape index (κ1) is 16.4. The van der Waals surface area contributed by atoms with Crippen LogP contribution in [0, 0.1) is 6.92 Å². The molecule has 0 bridgehead atoms. The van der Waals surface area contributed by atoms with Gasteiger partial charge in [-0.25, -0.2) is 9.59 Å². The SMILES string of the molecule is CSCC[C@H](NC(=O)NCCn1cc(C)cn1)C(=O)O. The number of carbonyl (C=O) groups is 2. The van der Waals surface area contributed by atoms with Gasteiger partial charge in [0.05, 0.1) is 12.7 Å². The van der Waals surface area contributed by atoms with Crippen molar-refractivity contribution >= 4 is 23.8 Å². The second-order valence-corrected chi connectivity index (χ2v) is 5.34. The van der Waals surface area contributed by atoms with Gasteiger partial charge in [-0.3, -0.25) is 4.68 Å². The summed E-state index contributed by atoms with van der Waals surface area (Å²) in [6, 6.07) is -1.32. The molecule has 3 N–H and O–H groups in total. The highest BCUT2D eigenvalue weighted by molar-refractivity contribution is 7.98. The maximum atomic E-state index is 11.6. The summed E-state index contributed by atoms with van der Waals surface area (Å²) < 4.78 is 1.72. The van der Waals surface area contributed by atoms with Crippen molar-refractivity contribution < 1.29 is 14.7 Å². The Bertz CT molecular complexity index is 450. The van der Waals surface area contributed by atoms with Crippen LogP contribution in [0.5, 0.6) is 0 Å². The van der Waals surface area contributed by atoms with Crippen LogP contribution in [0.3, 0.4) is 0 Å². The van der Waals surface area contributed by atoms with Crippen molar-refractivity contribution in [2.45, 2.75) is 25.9 Å². The molecule has 1 rings (SSSR count). The van der Waals surface area contributed by atoms with Gasteiger partial charge in [-0.15, -0.1) is 0 Å². The second-order valence-electron chi connectivity index (χ2n) is 4.35. The normalized spacial score (nSPS) is 11.9. The Morgan fingerprint density at radius 1 is 1.55 bits per heavy atom. The predicted molar refractivity (Wildman–Crippen MR) is 77.9 cm³/mol. The van der Waals surface area contributed by atoms with Crippen molar-refractivity contribution in [1.29, 1.82) is 0 Å². The van der Waals surface area contributed by atoms with Crippen LogP contribution in [0.15, 0.2) is 12.4 Å². The van der Waals surface area contributed by atoms with Crippen LogP contribution < -0.4 is 10.6 Å². The molecule has 0 saturated heterocycles. The Balaban J connectivity index is 2.28. The maximum absolute atomic E-state index is 11.6. The number of thioether (sulfide) groups is 1. The van der Waals surface area contributed by atoms with E-state index in [9.17, 15) is 9.59 Å². The molecule has 0 radical (unpaired) electrons. The first-order valence-corrected chi connectivity index (χ1v) is 7.67. The van der Waals surface area contributed by atoms with Crippen molar-refractivity contribution in [1.82, 2.24) is 20.4 Å². The van der Waals surface area contributed by atoms with Crippen LogP contribution in [-0.2, 0) is 11.3 Å². The number of hydrogen-bond donors (Lipinski definition) is 3. The van der Waals surface area contributed by atoms with Gasteiger partial charge in [-0.1, -0.05) is 0 Å². The number of aromatic nitrogens is 2. The third kappa shape index (κ3) is 5.96. The lowest BCUT2D eigenvalue weighted by Gasteiger charge is -2.14. The Kier molecular flexibility index (Phi) is 6.92. The number of carboxylic acids is 1. The highest BCUT2D eigenvalue weighted by atomic mass is 32.2. The van der Waals surface area contributed by atoms with E-state index in [1.165, 1.54) is 0 Å². The van der Waals surface area contributed by atoms with E-state index >= 15 is 0 Å². The molecule has 2 amide bonds. The van der Waals surface area contributed by atoms with Crippen LogP contribution in [-0.4, -0.2) is 51.5 Å². The third-order valence-corrected chi connectivity index (χ3v) is 3.25. The molecular weight excluding hydrogens is 280 g/mol. The number of hydrogen-bond acceptors (Lipinski definition) is 4. The lowest BCUT2D eigenvalue weighted by atomic mass is 10.2. The zero-order chi connectivity index (χ0) is 15.0. The summed E-state index contributed by atoms with van der Waals surface area (Å²) in [7, 11) is 0. The molecule has 0 aromatic carbocycles. The summed E-state index contributed by atoms with van der Waals surface area (Å²) in [5.74, 6) is -0.332. The van der Waals surface area contributed by atoms with Gasteiger partial charge < -0.3 is 15.7 Å². The van der Waals surface area contributed by atoms with Gasteiger partial charge in [0.25, 0.3) is 0 Å². The lowest BCUT2D eigenvalue weighted by Crippen LogP contribution is -2.46. The fourth-order valence-corrected chi connectivity index (χ4v) is 2.05. The van der Waals surface area contributed by atoms with Crippen molar-refractivity contribution in [3.05, 3.63) is 18.0 Å². The minimum Gasteiger partial charge on any atom is -0.480 e. The van der Waals surface area contributed by atoms with Crippen molar-refractivity contribution in [3.8, 4) is 0 Å². The van der Waals surface area contributed by atoms with Crippen molar-refractivity contribution in [2.24, 2.45) is 0 Å².